The van der Waals surface area contributed by atoms with Crippen molar-refractivity contribution >= 4 is 0 Å². The second-order valence-electron chi connectivity index (χ2n) is 7.88. The van der Waals surface area contributed by atoms with Crippen molar-refractivity contribution in [1.29, 1.82) is 0 Å². The van der Waals surface area contributed by atoms with Crippen molar-refractivity contribution < 1.29 is 24.1 Å². The number of methoxy groups -OCH3 is 2. The van der Waals surface area contributed by atoms with E-state index in [4.69, 9.17) is 18.9 Å². The second kappa shape index (κ2) is 7.85. The zero-order chi connectivity index (χ0) is 18.9. The fourth-order valence-electron chi connectivity index (χ4n) is 3.98. The summed E-state index contributed by atoms with van der Waals surface area (Å²) in [5.74, 6) is 0.777. The van der Waals surface area contributed by atoms with Crippen molar-refractivity contribution in [1.82, 2.24) is 0 Å². The average Bonchev–Trinajstić information content (AvgIpc) is 2.61. The molecule has 0 amide bonds. The summed E-state index contributed by atoms with van der Waals surface area (Å²) in [4.78, 5) is 0. The van der Waals surface area contributed by atoms with Gasteiger partial charge in [-0.05, 0) is 31.4 Å². The first kappa shape index (κ1) is 19.6. The van der Waals surface area contributed by atoms with Crippen LogP contribution in [0.25, 0.3) is 0 Å². The van der Waals surface area contributed by atoms with Gasteiger partial charge in [-0.2, -0.15) is 0 Å². The molecule has 0 aliphatic carbocycles. The van der Waals surface area contributed by atoms with Gasteiger partial charge < -0.3 is 24.1 Å². The largest absolute Gasteiger partial charge is 0.484 e. The van der Waals surface area contributed by atoms with Gasteiger partial charge in [-0.15, -0.1) is 0 Å². The molecule has 2 aliphatic heterocycles. The Bertz CT molecular complexity index is 627. The third-order valence-corrected chi connectivity index (χ3v) is 5.63. The first-order valence-electron chi connectivity index (χ1n) is 9.66. The summed E-state index contributed by atoms with van der Waals surface area (Å²) in [5, 5.41) is 10.4. The molecule has 0 saturated carbocycles. The van der Waals surface area contributed by atoms with Crippen LogP contribution >= 0.6 is 0 Å². The average molecular weight is 364 g/mol. The molecule has 0 unspecified atom stereocenters. The van der Waals surface area contributed by atoms with E-state index >= 15 is 0 Å². The SMILES string of the molecule is CCCCC[C@H]1O[C@H](OC)c2c(ccc3c2OC(C)(C)[C@@H](O)C3)[C@H]1OC. The monoisotopic (exact) mass is 364 g/mol. The van der Waals surface area contributed by atoms with Gasteiger partial charge in [0, 0.05) is 20.6 Å². The van der Waals surface area contributed by atoms with E-state index < -0.39 is 18.0 Å². The van der Waals surface area contributed by atoms with Gasteiger partial charge in [-0.1, -0.05) is 38.3 Å². The Labute approximate surface area is 156 Å². The quantitative estimate of drug-likeness (QED) is 0.771. The lowest BCUT2D eigenvalue weighted by atomic mass is 9.85. The lowest BCUT2D eigenvalue weighted by molar-refractivity contribution is -0.207. The number of hydrogen-bond donors (Lipinski definition) is 1. The summed E-state index contributed by atoms with van der Waals surface area (Å²) in [7, 11) is 3.39. The molecule has 26 heavy (non-hydrogen) atoms. The molecule has 146 valence electrons. The molecule has 0 fully saturated rings. The predicted molar refractivity (Wildman–Crippen MR) is 99.4 cm³/mol. The summed E-state index contributed by atoms with van der Waals surface area (Å²) >= 11 is 0. The second-order valence-corrected chi connectivity index (χ2v) is 7.88. The molecule has 0 aromatic heterocycles. The number of aliphatic hydroxyl groups excluding tert-OH is 1. The van der Waals surface area contributed by atoms with Gasteiger partial charge in [0.05, 0.1) is 17.8 Å². The molecule has 0 spiro atoms. The third kappa shape index (κ3) is 3.50. The van der Waals surface area contributed by atoms with Crippen LogP contribution in [-0.2, 0) is 20.6 Å². The minimum absolute atomic E-state index is 0.0377. The summed E-state index contributed by atoms with van der Waals surface area (Å²) in [6.45, 7) is 6.02. The lowest BCUT2D eigenvalue weighted by Gasteiger charge is -2.42. The highest BCUT2D eigenvalue weighted by Gasteiger charge is 2.43. The molecule has 2 heterocycles. The minimum atomic E-state index is -0.652. The predicted octanol–water partition coefficient (Wildman–Crippen LogP) is 4.07. The summed E-state index contributed by atoms with van der Waals surface area (Å²) in [6, 6.07) is 4.12. The Morgan fingerprint density at radius 1 is 1.19 bits per heavy atom. The Hall–Kier alpha value is -1.14. The first-order valence-corrected chi connectivity index (χ1v) is 9.66. The van der Waals surface area contributed by atoms with Crippen LogP contribution in [0.15, 0.2) is 12.1 Å². The Kier molecular flexibility index (Phi) is 5.92. The molecular formula is C21H32O5. The first-order chi connectivity index (χ1) is 12.4. The van der Waals surface area contributed by atoms with Crippen LogP contribution in [0.2, 0.25) is 0 Å². The highest BCUT2D eigenvalue weighted by Crippen LogP contribution is 2.48. The van der Waals surface area contributed by atoms with E-state index in [1.54, 1.807) is 14.2 Å². The van der Waals surface area contributed by atoms with Crippen molar-refractivity contribution in [2.75, 3.05) is 14.2 Å². The molecular weight excluding hydrogens is 332 g/mol. The van der Waals surface area contributed by atoms with Gasteiger partial charge in [0.15, 0.2) is 6.29 Å². The van der Waals surface area contributed by atoms with Crippen molar-refractivity contribution in [2.24, 2.45) is 0 Å². The number of hydrogen-bond acceptors (Lipinski definition) is 5. The maximum Gasteiger partial charge on any atom is 0.187 e. The number of fused-ring (bicyclic) bond motifs is 3. The smallest absolute Gasteiger partial charge is 0.187 e. The number of aliphatic hydroxyl groups is 1. The van der Waals surface area contributed by atoms with Crippen LogP contribution in [0.5, 0.6) is 5.75 Å². The van der Waals surface area contributed by atoms with Crippen molar-refractivity contribution in [3.8, 4) is 5.75 Å². The maximum atomic E-state index is 10.4. The summed E-state index contributed by atoms with van der Waals surface area (Å²) in [6.07, 6.45) is 3.75. The zero-order valence-corrected chi connectivity index (χ0v) is 16.6. The molecule has 1 aromatic rings. The molecule has 2 aliphatic rings. The Balaban J connectivity index is 2.00. The molecule has 1 aromatic carbocycles. The fraction of sp³-hybridized carbons (Fsp3) is 0.714. The number of benzene rings is 1. The Morgan fingerprint density at radius 2 is 1.96 bits per heavy atom. The number of unbranched alkanes of at least 4 members (excludes halogenated alkanes) is 2. The van der Waals surface area contributed by atoms with E-state index in [9.17, 15) is 5.11 Å². The molecule has 3 rings (SSSR count). The molecule has 5 heteroatoms. The molecule has 1 N–H and O–H groups in total. The van der Waals surface area contributed by atoms with E-state index in [0.717, 1.165) is 35.3 Å². The topological polar surface area (TPSA) is 57.2 Å². The van der Waals surface area contributed by atoms with Crippen LogP contribution in [0.3, 0.4) is 0 Å². The van der Waals surface area contributed by atoms with Crippen LogP contribution in [-0.4, -0.2) is 37.1 Å². The summed E-state index contributed by atoms with van der Waals surface area (Å²) in [5.41, 5.74) is 2.31. The van der Waals surface area contributed by atoms with E-state index in [-0.39, 0.29) is 12.2 Å². The summed E-state index contributed by atoms with van der Waals surface area (Å²) < 4.78 is 24.0. The van der Waals surface area contributed by atoms with Gasteiger partial charge in [-0.25, -0.2) is 0 Å². The van der Waals surface area contributed by atoms with E-state index in [1.165, 1.54) is 12.8 Å². The zero-order valence-electron chi connectivity index (χ0n) is 16.6. The maximum absolute atomic E-state index is 10.4. The molecule has 0 bridgehead atoms. The number of ether oxygens (including phenoxy) is 4. The third-order valence-electron chi connectivity index (χ3n) is 5.63. The minimum Gasteiger partial charge on any atom is -0.484 e. The normalized spacial score (nSPS) is 29.6. The van der Waals surface area contributed by atoms with Crippen LogP contribution < -0.4 is 4.74 Å². The van der Waals surface area contributed by atoms with Gasteiger partial charge >= 0.3 is 0 Å². The lowest BCUT2D eigenvalue weighted by Crippen LogP contribution is -2.47. The fourth-order valence-corrected chi connectivity index (χ4v) is 3.98. The highest BCUT2D eigenvalue weighted by atomic mass is 16.7. The molecule has 0 saturated heterocycles. The van der Waals surface area contributed by atoms with E-state index in [2.05, 4.69) is 13.0 Å². The van der Waals surface area contributed by atoms with E-state index in [1.807, 2.05) is 19.9 Å². The van der Waals surface area contributed by atoms with Gasteiger partial charge in [0.25, 0.3) is 0 Å². The van der Waals surface area contributed by atoms with Gasteiger partial charge in [0.1, 0.15) is 17.5 Å². The highest BCUT2D eigenvalue weighted by molar-refractivity contribution is 5.51. The molecule has 4 atom stereocenters. The standard InChI is InChI=1S/C21H32O5/c1-6-7-8-9-15-19(23-4)14-11-10-13-12-16(22)21(2,3)26-18(13)17(14)20(24-5)25-15/h10-11,15-16,19-20,22H,6-9,12H2,1-5H3/t15-,16+,19-,20+/m1/s1. The van der Waals surface area contributed by atoms with Crippen molar-refractivity contribution in [3.63, 3.8) is 0 Å². The van der Waals surface area contributed by atoms with Gasteiger partial charge in [-0.3, -0.25) is 0 Å². The molecule has 5 nitrogen and oxygen atoms in total. The van der Waals surface area contributed by atoms with Gasteiger partial charge in [0.2, 0.25) is 0 Å². The van der Waals surface area contributed by atoms with Crippen LogP contribution in [0.1, 0.15) is 75.5 Å². The van der Waals surface area contributed by atoms with E-state index in [0.29, 0.717) is 6.42 Å². The van der Waals surface area contributed by atoms with Crippen molar-refractivity contribution in [2.45, 2.75) is 83.1 Å². The van der Waals surface area contributed by atoms with Crippen LogP contribution in [0.4, 0.5) is 0 Å². The van der Waals surface area contributed by atoms with Crippen molar-refractivity contribution in [3.05, 3.63) is 28.8 Å². The molecule has 0 radical (unpaired) electrons. The number of rotatable bonds is 6. The van der Waals surface area contributed by atoms with Crippen LogP contribution in [0, 0.1) is 0 Å². The Morgan fingerprint density at radius 3 is 2.62 bits per heavy atom.